The normalized spacial score (nSPS) is 14.5. The van der Waals surface area contributed by atoms with Gasteiger partial charge in [0.1, 0.15) is 11.9 Å². The molecule has 2 heterocycles. The van der Waals surface area contributed by atoms with Crippen molar-refractivity contribution in [3.05, 3.63) is 59.2 Å². The van der Waals surface area contributed by atoms with E-state index in [0.29, 0.717) is 31.2 Å². The number of hydrogen-bond acceptors (Lipinski definition) is 6. The van der Waals surface area contributed by atoms with E-state index in [1.165, 1.54) is 0 Å². The molecule has 0 radical (unpaired) electrons. The summed E-state index contributed by atoms with van der Waals surface area (Å²) in [6, 6.07) is 12.0. The van der Waals surface area contributed by atoms with E-state index in [0.717, 1.165) is 11.4 Å². The molecule has 2 amide bonds. The summed E-state index contributed by atoms with van der Waals surface area (Å²) in [7, 11) is 0. The number of benzene rings is 1. The van der Waals surface area contributed by atoms with Crippen molar-refractivity contribution in [3.63, 3.8) is 0 Å². The van der Waals surface area contributed by atoms with E-state index in [-0.39, 0.29) is 37.7 Å². The highest BCUT2D eigenvalue weighted by Gasteiger charge is 2.25. The second-order valence-corrected chi connectivity index (χ2v) is 8.19. The number of esters is 1. The molecule has 0 saturated carbocycles. The van der Waals surface area contributed by atoms with Gasteiger partial charge in [-0.3, -0.25) is 9.59 Å². The Morgan fingerprint density at radius 1 is 1.06 bits per heavy atom. The van der Waals surface area contributed by atoms with Crippen molar-refractivity contribution in [2.75, 3.05) is 37.7 Å². The Bertz CT molecular complexity index is 931. The average molecular weight is 473 g/mol. The third-order valence-corrected chi connectivity index (χ3v) is 5.68. The summed E-state index contributed by atoms with van der Waals surface area (Å²) >= 11 is 5.92. The SMILES string of the molecule is CCOC(=O)C(Cc1ccc(Cl)cc1)NC(=O)CCC(=O)N1CCN(c2ccccn2)CC1. The minimum Gasteiger partial charge on any atom is -0.464 e. The number of piperazine rings is 1. The molecular weight excluding hydrogens is 444 g/mol. The predicted molar refractivity (Wildman–Crippen MR) is 126 cm³/mol. The smallest absolute Gasteiger partial charge is 0.328 e. The van der Waals surface area contributed by atoms with Crippen molar-refractivity contribution in [1.82, 2.24) is 15.2 Å². The molecule has 8 nitrogen and oxygen atoms in total. The Labute approximate surface area is 198 Å². The quantitative estimate of drug-likeness (QED) is 0.564. The van der Waals surface area contributed by atoms with Crippen LogP contribution in [-0.4, -0.2) is 66.5 Å². The van der Waals surface area contributed by atoms with Crippen molar-refractivity contribution >= 4 is 35.2 Å². The molecular formula is C24H29ClN4O4. The molecule has 1 saturated heterocycles. The molecule has 3 rings (SSSR count). The number of hydrogen-bond donors (Lipinski definition) is 1. The maximum Gasteiger partial charge on any atom is 0.328 e. The predicted octanol–water partition coefficient (Wildman–Crippen LogP) is 2.45. The standard InChI is InChI=1S/C24H29ClN4O4/c1-2-33-24(32)20(17-18-6-8-19(25)9-7-18)27-22(30)10-11-23(31)29-15-13-28(14-16-29)21-5-3-4-12-26-21/h3-9,12,20H,2,10-11,13-17H2,1H3,(H,27,30). The van der Waals surface area contributed by atoms with Crippen LogP contribution in [0.25, 0.3) is 0 Å². The van der Waals surface area contributed by atoms with Crippen LogP contribution in [0, 0.1) is 0 Å². The summed E-state index contributed by atoms with van der Waals surface area (Å²) in [4.78, 5) is 45.7. The number of carbonyl (C=O) groups is 3. The molecule has 176 valence electrons. The first-order chi connectivity index (χ1) is 16.0. The van der Waals surface area contributed by atoms with Gasteiger partial charge in [0, 0.05) is 56.7 Å². The number of carbonyl (C=O) groups excluding carboxylic acids is 3. The Hall–Kier alpha value is -3.13. The highest BCUT2D eigenvalue weighted by molar-refractivity contribution is 6.30. The van der Waals surface area contributed by atoms with E-state index in [1.54, 1.807) is 42.3 Å². The number of nitrogens with zero attached hydrogens (tertiary/aromatic N) is 3. The van der Waals surface area contributed by atoms with Crippen LogP contribution in [0.5, 0.6) is 0 Å². The summed E-state index contributed by atoms with van der Waals surface area (Å²) in [5.41, 5.74) is 0.847. The molecule has 1 aromatic heterocycles. The highest BCUT2D eigenvalue weighted by Crippen LogP contribution is 2.14. The van der Waals surface area contributed by atoms with Crippen molar-refractivity contribution in [2.24, 2.45) is 0 Å². The molecule has 1 N–H and O–H groups in total. The molecule has 0 spiro atoms. The van der Waals surface area contributed by atoms with Gasteiger partial charge >= 0.3 is 5.97 Å². The largest absolute Gasteiger partial charge is 0.464 e. The van der Waals surface area contributed by atoms with Gasteiger partial charge in [-0.1, -0.05) is 29.8 Å². The fourth-order valence-corrected chi connectivity index (χ4v) is 3.79. The molecule has 1 unspecified atom stereocenters. The number of nitrogens with one attached hydrogen (secondary N) is 1. The van der Waals surface area contributed by atoms with E-state index >= 15 is 0 Å². The second kappa shape index (κ2) is 12.2. The first kappa shape index (κ1) is 24.5. The zero-order valence-electron chi connectivity index (χ0n) is 18.7. The number of anilines is 1. The molecule has 1 aliphatic rings. The van der Waals surface area contributed by atoms with E-state index in [2.05, 4.69) is 15.2 Å². The summed E-state index contributed by atoms with van der Waals surface area (Å²) < 4.78 is 5.10. The van der Waals surface area contributed by atoms with Gasteiger partial charge in [0.2, 0.25) is 11.8 Å². The number of amides is 2. The van der Waals surface area contributed by atoms with Crippen LogP contribution in [0.1, 0.15) is 25.3 Å². The van der Waals surface area contributed by atoms with Crippen molar-refractivity contribution < 1.29 is 19.1 Å². The Morgan fingerprint density at radius 3 is 2.42 bits per heavy atom. The van der Waals surface area contributed by atoms with Crippen LogP contribution in [0.3, 0.4) is 0 Å². The average Bonchev–Trinajstić information content (AvgIpc) is 2.84. The van der Waals surface area contributed by atoms with E-state index in [1.807, 2.05) is 18.2 Å². The maximum absolute atomic E-state index is 12.6. The molecule has 1 aromatic carbocycles. The Balaban J connectivity index is 1.47. The number of aromatic nitrogens is 1. The molecule has 0 aliphatic carbocycles. The summed E-state index contributed by atoms with van der Waals surface area (Å²) in [6.07, 6.45) is 2.13. The first-order valence-corrected chi connectivity index (χ1v) is 11.5. The second-order valence-electron chi connectivity index (χ2n) is 7.76. The van der Waals surface area contributed by atoms with Crippen LogP contribution in [0.2, 0.25) is 5.02 Å². The Kier molecular flexibility index (Phi) is 9.06. The number of ether oxygens (including phenoxy) is 1. The fourth-order valence-electron chi connectivity index (χ4n) is 3.66. The van der Waals surface area contributed by atoms with Gasteiger partial charge in [-0.2, -0.15) is 0 Å². The zero-order chi connectivity index (χ0) is 23.6. The van der Waals surface area contributed by atoms with E-state index in [4.69, 9.17) is 16.3 Å². The number of rotatable bonds is 9. The van der Waals surface area contributed by atoms with Gasteiger partial charge in [-0.05, 0) is 36.8 Å². The molecule has 1 aliphatic heterocycles. The topological polar surface area (TPSA) is 91.8 Å². The van der Waals surface area contributed by atoms with Crippen LogP contribution >= 0.6 is 11.6 Å². The number of halogens is 1. The van der Waals surface area contributed by atoms with Crippen molar-refractivity contribution in [3.8, 4) is 0 Å². The Morgan fingerprint density at radius 2 is 1.79 bits per heavy atom. The molecule has 1 atom stereocenters. The first-order valence-electron chi connectivity index (χ1n) is 11.1. The van der Waals surface area contributed by atoms with Crippen LogP contribution < -0.4 is 10.2 Å². The monoisotopic (exact) mass is 472 g/mol. The lowest BCUT2D eigenvalue weighted by Crippen LogP contribution is -2.49. The number of pyridine rings is 1. The van der Waals surface area contributed by atoms with Crippen molar-refractivity contribution in [1.29, 1.82) is 0 Å². The zero-order valence-corrected chi connectivity index (χ0v) is 19.5. The van der Waals surface area contributed by atoms with Gasteiger partial charge in [-0.15, -0.1) is 0 Å². The van der Waals surface area contributed by atoms with Crippen LogP contribution in [0.15, 0.2) is 48.7 Å². The van der Waals surface area contributed by atoms with Gasteiger partial charge in [0.15, 0.2) is 0 Å². The van der Waals surface area contributed by atoms with Crippen LogP contribution in [0.4, 0.5) is 5.82 Å². The molecule has 0 bridgehead atoms. The van der Waals surface area contributed by atoms with Crippen molar-refractivity contribution in [2.45, 2.75) is 32.2 Å². The summed E-state index contributed by atoms with van der Waals surface area (Å²) in [6.45, 7) is 4.49. The molecule has 33 heavy (non-hydrogen) atoms. The molecule has 2 aromatic rings. The van der Waals surface area contributed by atoms with Crippen LogP contribution in [-0.2, 0) is 25.5 Å². The van der Waals surface area contributed by atoms with Gasteiger partial charge in [-0.25, -0.2) is 9.78 Å². The molecule has 1 fully saturated rings. The third-order valence-electron chi connectivity index (χ3n) is 5.43. The van der Waals surface area contributed by atoms with Gasteiger partial charge in [0.25, 0.3) is 0 Å². The van der Waals surface area contributed by atoms with Gasteiger partial charge in [0.05, 0.1) is 6.61 Å². The highest BCUT2D eigenvalue weighted by atomic mass is 35.5. The lowest BCUT2D eigenvalue weighted by molar-refractivity contribution is -0.147. The summed E-state index contributed by atoms with van der Waals surface area (Å²) in [5, 5.41) is 3.31. The fraction of sp³-hybridized carbons (Fsp3) is 0.417. The minimum atomic E-state index is -0.823. The lowest BCUT2D eigenvalue weighted by Gasteiger charge is -2.35. The summed E-state index contributed by atoms with van der Waals surface area (Å²) in [5.74, 6) is -0.0360. The van der Waals surface area contributed by atoms with E-state index < -0.39 is 12.0 Å². The third kappa shape index (κ3) is 7.46. The molecule has 9 heteroatoms. The minimum absolute atomic E-state index is 0.00973. The maximum atomic E-state index is 12.6. The lowest BCUT2D eigenvalue weighted by atomic mass is 10.1. The van der Waals surface area contributed by atoms with Gasteiger partial charge < -0.3 is 19.9 Å². The van der Waals surface area contributed by atoms with E-state index in [9.17, 15) is 14.4 Å².